The van der Waals surface area contributed by atoms with Crippen LogP contribution in [0.1, 0.15) is 42.3 Å². The summed E-state index contributed by atoms with van der Waals surface area (Å²) in [7, 11) is -3.62. The number of nitrogens with zero attached hydrogens (tertiary/aromatic N) is 1. The van der Waals surface area contributed by atoms with Gasteiger partial charge in [-0.1, -0.05) is 19.1 Å². The number of hydrogen-bond acceptors (Lipinski definition) is 5. The van der Waals surface area contributed by atoms with Gasteiger partial charge in [-0.15, -0.1) is 0 Å². The number of ether oxygens (including phenoxy) is 1. The van der Waals surface area contributed by atoms with Crippen LogP contribution < -0.4 is 14.8 Å². The number of sulfonamides is 1. The van der Waals surface area contributed by atoms with Crippen LogP contribution in [0, 0.1) is 6.92 Å². The number of pyridine rings is 1. The molecule has 8 heteroatoms. The second-order valence-corrected chi connectivity index (χ2v) is 8.10. The molecular formula is C19H25N3O4S. The Labute approximate surface area is 160 Å². The van der Waals surface area contributed by atoms with Crippen molar-refractivity contribution >= 4 is 15.9 Å². The first-order chi connectivity index (χ1) is 12.7. The summed E-state index contributed by atoms with van der Waals surface area (Å²) in [6.07, 6.45) is 1.67. The molecule has 7 nitrogen and oxygen atoms in total. The van der Waals surface area contributed by atoms with Gasteiger partial charge in [0.2, 0.25) is 15.9 Å². The second-order valence-electron chi connectivity index (χ2n) is 6.33. The van der Waals surface area contributed by atoms with E-state index in [0.717, 1.165) is 5.56 Å². The van der Waals surface area contributed by atoms with Crippen molar-refractivity contribution in [1.82, 2.24) is 15.0 Å². The molecule has 0 radical (unpaired) electrons. The van der Waals surface area contributed by atoms with Gasteiger partial charge in [-0.2, -0.15) is 0 Å². The molecule has 1 amide bonds. The summed E-state index contributed by atoms with van der Waals surface area (Å²) in [6, 6.07) is 8.07. The van der Waals surface area contributed by atoms with E-state index < -0.39 is 10.0 Å². The number of carbonyl (C=O) groups is 1. The van der Waals surface area contributed by atoms with Crippen molar-refractivity contribution in [3.63, 3.8) is 0 Å². The molecule has 0 aliphatic rings. The van der Waals surface area contributed by atoms with E-state index in [4.69, 9.17) is 4.74 Å². The largest absolute Gasteiger partial charge is 0.475 e. The summed E-state index contributed by atoms with van der Waals surface area (Å²) >= 11 is 0. The average molecular weight is 391 g/mol. The maximum Gasteiger partial charge on any atom is 0.251 e. The number of benzene rings is 1. The third-order valence-corrected chi connectivity index (χ3v) is 5.25. The lowest BCUT2D eigenvalue weighted by Gasteiger charge is -2.11. The van der Waals surface area contributed by atoms with E-state index in [1.807, 2.05) is 19.9 Å². The molecule has 2 rings (SSSR count). The molecule has 0 saturated carbocycles. The van der Waals surface area contributed by atoms with Crippen molar-refractivity contribution in [3.05, 3.63) is 53.2 Å². The summed E-state index contributed by atoms with van der Waals surface area (Å²) in [5, 5.41) is 2.79. The van der Waals surface area contributed by atoms with E-state index in [2.05, 4.69) is 15.0 Å². The minimum absolute atomic E-state index is 0.0387. The predicted molar refractivity (Wildman–Crippen MR) is 103 cm³/mol. The Morgan fingerprint density at radius 3 is 2.56 bits per heavy atom. The van der Waals surface area contributed by atoms with Gasteiger partial charge < -0.3 is 10.1 Å². The minimum atomic E-state index is -3.62. The Kier molecular flexibility index (Phi) is 6.92. The molecule has 0 atom stereocenters. The lowest BCUT2D eigenvalue weighted by atomic mass is 10.1. The summed E-state index contributed by atoms with van der Waals surface area (Å²) < 4.78 is 32.2. The van der Waals surface area contributed by atoms with Crippen LogP contribution in [0.5, 0.6) is 5.88 Å². The molecule has 1 aromatic heterocycles. The zero-order chi connectivity index (χ0) is 20.0. The Morgan fingerprint density at radius 1 is 1.22 bits per heavy atom. The summed E-state index contributed by atoms with van der Waals surface area (Å²) in [5.41, 5.74) is 1.83. The van der Waals surface area contributed by atoms with Crippen molar-refractivity contribution in [2.45, 2.75) is 45.2 Å². The zero-order valence-electron chi connectivity index (χ0n) is 15.9. The highest BCUT2D eigenvalue weighted by molar-refractivity contribution is 7.89. The van der Waals surface area contributed by atoms with E-state index in [1.54, 1.807) is 32.2 Å². The minimum Gasteiger partial charge on any atom is -0.475 e. The van der Waals surface area contributed by atoms with Crippen LogP contribution >= 0.6 is 0 Å². The fourth-order valence-corrected chi connectivity index (χ4v) is 3.46. The molecule has 0 aliphatic heterocycles. The maximum absolute atomic E-state index is 12.5. The summed E-state index contributed by atoms with van der Waals surface area (Å²) in [5.74, 6) is 0.181. The number of nitrogens with one attached hydrogen (secondary N) is 2. The highest BCUT2D eigenvalue weighted by atomic mass is 32.2. The van der Waals surface area contributed by atoms with Gasteiger partial charge in [-0.3, -0.25) is 4.79 Å². The van der Waals surface area contributed by atoms with Crippen LogP contribution in [0.15, 0.2) is 41.4 Å². The first-order valence-corrected chi connectivity index (χ1v) is 10.2. The van der Waals surface area contributed by atoms with Crippen molar-refractivity contribution in [1.29, 1.82) is 0 Å². The molecule has 1 aromatic carbocycles. The first-order valence-electron chi connectivity index (χ1n) is 8.73. The molecule has 0 aliphatic carbocycles. The molecule has 2 N–H and O–H groups in total. The Hall–Kier alpha value is -2.45. The number of amides is 1. The van der Waals surface area contributed by atoms with E-state index >= 15 is 0 Å². The van der Waals surface area contributed by atoms with Gasteiger partial charge in [0.1, 0.15) is 0 Å². The SMILES string of the molecule is CCNS(=O)(=O)c1ccc(C)c(C(=O)NCc2ccc(OC(C)C)nc2)c1. The van der Waals surface area contributed by atoms with E-state index in [0.29, 0.717) is 17.0 Å². The molecular weight excluding hydrogens is 366 g/mol. The Bertz CT molecular complexity index is 894. The highest BCUT2D eigenvalue weighted by Gasteiger charge is 2.17. The highest BCUT2D eigenvalue weighted by Crippen LogP contribution is 2.16. The van der Waals surface area contributed by atoms with Crippen molar-refractivity contribution < 1.29 is 17.9 Å². The molecule has 146 valence electrons. The number of carbonyl (C=O) groups excluding carboxylic acids is 1. The second kappa shape index (κ2) is 8.96. The van der Waals surface area contributed by atoms with Gasteiger partial charge in [0.05, 0.1) is 11.0 Å². The van der Waals surface area contributed by atoms with Crippen LogP contribution in [0.3, 0.4) is 0 Å². The summed E-state index contributed by atoms with van der Waals surface area (Å²) in [6.45, 7) is 7.85. The first kappa shape index (κ1) is 20.9. The lowest BCUT2D eigenvalue weighted by Crippen LogP contribution is -2.26. The van der Waals surface area contributed by atoms with E-state index in [9.17, 15) is 13.2 Å². The van der Waals surface area contributed by atoms with Gasteiger partial charge in [0, 0.05) is 30.9 Å². The van der Waals surface area contributed by atoms with E-state index in [-0.39, 0.29) is 30.0 Å². The molecule has 0 fully saturated rings. The van der Waals surface area contributed by atoms with Gasteiger partial charge in [0.15, 0.2) is 0 Å². The number of hydrogen-bond donors (Lipinski definition) is 2. The normalized spacial score (nSPS) is 11.4. The number of aromatic nitrogens is 1. The van der Waals surface area contributed by atoms with Gasteiger partial charge in [-0.05, 0) is 44.0 Å². The van der Waals surface area contributed by atoms with Gasteiger partial charge in [0.25, 0.3) is 5.91 Å². The fourth-order valence-electron chi connectivity index (χ4n) is 2.39. The molecule has 0 bridgehead atoms. The topological polar surface area (TPSA) is 97.4 Å². The molecule has 1 heterocycles. The number of rotatable bonds is 8. The van der Waals surface area contributed by atoms with Crippen molar-refractivity contribution in [2.24, 2.45) is 0 Å². The van der Waals surface area contributed by atoms with Crippen LogP contribution in [-0.2, 0) is 16.6 Å². The third kappa shape index (κ3) is 5.77. The molecule has 27 heavy (non-hydrogen) atoms. The quantitative estimate of drug-likeness (QED) is 0.720. The van der Waals surface area contributed by atoms with E-state index in [1.165, 1.54) is 12.1 Å². The van der Waals surface area contributed by atoms with Crippen LogP contribution in [0.25, 0.3) is 0 Å². The van der Waals surface area contributed by atoms with Crippen LogP contribution in [0.2, 0.25) is 0 Å². The van der Waals surface area contributed by atoms with Crippen LogP contribution in [-0.4, -0.2) is 32.0 Å². The van der Waals surface area contributed by atoms with Crippen molar-refractivity contribution in [3.8, 4) is 5.88 Å². The monoisotopic (exact) mass is 391 g/mol. The van der Waals surface area contributed by atoms with Gasteiger partial charge >= 0.3 is 0 Å². The molecule has 0 unspecified atom stereocenters. The van der Waals surface area contributed by atoms with Gasteiger partial charge in [-0.25, -0.2) is 18.1 Å². The fraction of sp³-hybridized carbons (Fsp3) is 0.368. The summed E-state index contributed by atoms with van der Waals surface area (Å²) in [4.78, 5) is 16.8. The Balaban J connectivity index is 2.09. The standard InChI is InChI=1S/C19H25N3O4S/c1-5-22-27(24,25)16-8-6-14(4)17(10-16)19(23)21-12-15-7-9-18(20-11-15)26-13(2)3/h6-11,13,22H,5,12H2,1-4H3,(H,21,23). The van der Waals surface area contributed by atoms with Crippen molar-refractivity contribution in [2.75, 3.05) is 6.54 Å². The molecule has 0 spiro atoms. The number of aryl methyl sites for hydroxylation is 1. The Morgan fingerprint density at radius 2 is 1.96 bits per heavy atom. The zero-order valence-corrected chi connectivity index (χ0v) is 16.8. The smallest absolute Gasteiger partial charge is 0.251 e. The average Bonchev–Trinajstić information content (AvgIpc) is 2.60. The third-order valence-electron chi connectivity index (χ3n) is 3.71. The maximum atomic E-state index is 12.5. The molecule has 0 saturated heterocycles. The van der Waals surface area contributed by atoms with Crippen LogP contribution in [0.4, 0.5) is 0 Å². The lowest BCUT2D eigenvalue weighted by molar-refractivity contribution is 0.0950. The predicted octanol–water partition coefficient (Wildman–Crippen LogP) is 2.41. The molecule has 2 aromatic rings.